The number of pyridine rings is 1. The lowest BCUT2D eigenvalue weighted by Gasteiger charge is -2.32. The summed E-state index contributed by atoms with van der Waals surface area (Å²) in [6.07, 6.45) is 0.816. The Kier molecular flexibility index (Phi) is 6.74. The van der Waals surface area contributed by atoms with E-state index in [-0.39, 0.29) is 35.6 Å². The smallest absolute Gasteiger partial charge is 0.410 e. The average Bonchev–Trinajstić information content (AvgIpc) is 3.55. The van der Waals surface area contributed by atoms with Crippen LogP contribution in [0.15, 0.2) is 60.7 Å². The van der Waals surface area contributed by atoms with Crippen LogP contribution in [0.4, 0.5) is 4.79 Å². The molecule has 2 fully saturated rings. The number of aromatic nitrogens is 2. The Morgan fingerprint density at radius 3 is 2.82 bits per heavy atom. The number of nitrogens with one attached hydrogen (secondary N) is 2. The first-order valence-electron chi connectivity index (χ1n) is 12.8. The lowest BCUT2D eigenvalue weighted by molar-refractivity contribution is 0.0913. The van der Waals surface area contributed by atoms with E-state index in [2.05, 4.69) is 10.3 Å². The van der Waals surface area contributed by atoms with Crippen molar-refractivity contribution < 1.29 is 23.8 Å². The van der Waals surface area contributed by atoms with Crippen molar-refractivity contribution in [2.24, 2.45) is 0 Å². The monoisotopic (exact) mass is 546 g/mol. The number of ether oxygens (including phenoxy) is 3. The first-order chi connectivity index (χ1) is 19.0. The maximum Gasteiger partial charge on any atom is 0.410 e. The SMILES string of the molecule is COc1nc(-c2cc3ccccc3[nH]2)c(O[C@H]2CCN3C(=O)OC[C@@H]3C2)cc1C(=O)NCc1ccc(Cl)cc1. The molecule has 6 rings (SSSR count). The van der Waals surface area contributed by atoms with Crippen LogP contribution in [0.25, 0.3) is 22.3 Å². The highest BCUT2D eigenvalue weighted by Gasteiger charge is 2.39. The summed E-state index contributed by atoms with van der Waals surface area (Å²) in [5.41, 5.74) is 3.41. The molecule has 10 heteroatoms. The number of piperidine rings is 1. The van der Waals surface area contributed by atoms with Crippen LogP contribution in [0.5, 0.6) is 11.6 Å². The molecule has 0 unspecified atom stereocenters. The number of para-hydroxylation sites is 1. The molecule has 4 heterocycles. The van der Waals surface area contributed by atoms with Gasteiger partial charge in [-0.15, -0.1) is 0 Å². The number of carbonyl (C=O) groups is 2. The highest BCUT2D eigenvalue weighted by molar-refractivity contribution is 6.30. The molecule has 39 heavy (non-hydrogen) atoms. The van der Waals surface area contributed by atoms with Gasteiger partial charge < -0.3 is 29.4 Å². The summed E-state index contributed by atoms with van der Waals surface area (Å²) in [6.45, 7) is 1.22. The van der Waals surface area contributed by atoms with Crippen LogP contribution >= 0.6 is 11.6 Å². The van der Waals surface area contributed by atoms with Crippen molar-refractivity contribution in [2.45, 2.75) is 31.5 Å². The third kappa shape index (κ3) is 5.09. The second-order valence-electron chi connectivity index (χ2n) is 9.66. The summed E-state index contributed by atoms with van der Waals surface area (Å²) >= 11 is 5.98. The molecule has 2 aromatic heterocycles. The number of fused-ring (bicyclic) bond motifs is 2. The molecular weight excluding hydrogens is 520 g/mol. The third-order valence-corrected chi connectivity index (χ3v) is 7.39. The van der Waals surface area contributed by atoms with Crippen LogP contribution in [-0.2, 0) is 11.3 Å². The van der Waals surface area contributed by atoms with E-state index in [4.69, 9.17) is 30.8 Å². The topological polar surface area (TPSA) is 106 Å². The molecule has 0 aliphatic carbocycles. The summed E-state index contributed by atoms with van der Waals surface area (Å²) in [6, 6.07) is 18.9. The van der Waals surface area contributed by atoms with Gasteiger partial charge in [-0.3, -0.25) is 4.79 Å². The molecule has 2 amide bonds. The van der Waals surface area contributed by atoms with E-state index in [1.165, 1.54) is 7.11 Å². The summed E-state index contributed by atoms with van der Waals surface area (Å²) in [7, 11) is 1.49. The number of hydrogen-bond donors (Lipinski definition) is 2. The number of H-pyrrole nitrogens is 1. The molecular formula is C29H27ClN4O5. The lowest BCUT2D eigenvalue weighted by Crippen LogP contribution is -2.44. The van der Waals surface area contributed by atoms with Crippen molar-refractivity contribution in [3.8, 4) is 23.0 Å². The highest BCUT2D eigenvalue weighted by atomic mass is 35.5. The molecule has 2 atom stereocenters. The summed E-state index contributed by atoms with van der Waals surface area (Å²) in [5.74, 6) is 0.309. The van der Waals surface area contributed by atoms with Gasteiger partial charge in [0.25, 0.3) is 5.91 Å². The quantitative estimate of drug-likeness (QED) is 0.331. The number of cyclic esters (lactones) is 1. The van der Waals surface area contributed by atoms with Gasteiger partial charge in [-0.2, -0.15) is 0 Å². The molecule has 200 valence electrons. The minimum atomic E-state index is -0.341. The maximum atomic E-state index is 13.3. The van der Waals surface area contributed by atoms with Crippen molar-refractivity contribution in [3.63, 3.8) is 0 Å². The van der Waals surface area contributed by atoms with E-state index >= 15 is 0 Å². The number of rotatable bonds is 7. The Morgan fingerprint density at radius 2 is 2.03 bits per heavy atom. The highest BCUT2D eigenvalue weighted by Crippen LogP contribution is 2.37. The molecule has 0 spiro atoms. The zero-order valence-electron chi connectivity index (χ0n) is 21.3. The fourth-order valence-corrected chi connectivity index (χ4v) is 5.24. The third-order valence-electron chi connectivity index (χ3n) is 7.14. The number of hydrogen-bond acceptors (Lipinski definition) is 6. The van der Waals surface area contributed by atoms with Gasteiger partial charge in [-0.1, -0.05) is 41.9 Å². The number of halogens is 1. The van der Waals surface area contributed by atoms with Gasteiger partial charge in [-0.05, 0) is 29.8 Å². The number of nitrogens with zero attached hydrogens (tertiary/aromatic N) is 2. The van der Waals surface area contributed by atoms with E-state index in [0.717, 1.165) is 22.2 Å². The maximum absolute atomic E-state index is 13.3. The standard InChI is InChI=1S/C29H27ClN4O5/c1-37-28-22(27(35)31-15-17-6-8-19(30)9-7-17)14-25(39-21-10-11-34-20(13-21)16-38-29(34)36)26(33-28)24-12-18-4-2-3-5-23(18)32-24/h2-9,12,14,20-21,32H,10-11,13,15-16H2,1H3,(H,31,35)/t20-,21-/m0/s1. The van der Waals surface area contributed by atoms with Crippen molar-refractivity contribution in [1.82, 2.24) is 20.2 Å². The van der Waals surface area contributed by atoms with Crippen molar-refractivity contribution in [2.75, 3.05) is 20.3 Å². The summed E-state index contributed by atoms with van der Waals surface area (Å²) in [5, 5.41) is 4.59. The largest absolute Gasteiger partial charge is 0.488 e. The summed E-state index contributed by atoms with van der Waals surface area (Å²) < 4.78 is 17.3. The predicted octanol–water partition coefficient (Wildman–Crippen LogP) is 5.18. The first kappa shape index (κ1) is 25.1. The number of amides is 2. The van der Waals surface area contributed by atoms with E-state index in [9.17, 15) is 9.59 Å². The van der Waals surface area contributed by atoms with E-state index in [1.54, 1.807) is 23.1 Å². The van der Waals surface area contributed by atoms with Gasteiger partial charge in [0.15, 0.2) is 0 Å². The van der Waals surface area contributed by atoms with Crippen LogP contribution in [0.3, 0.4) is 0 Å². The first-order valence-corrected chi connectivity index (χ1v) is 13.2. The normalized spacial score (nSPS) is 18.5. The van der Waals surface area contributed by atoms with Gasteiger partial charge in [0.1, 0.15) is 29.7 Å². The molecule has 2 aliphatic heterocycles. The van der Waals surface area contributed by atoms with Crippen molar-refractivity contribution in [1.29, 1.82) is 0 Å². The molecule has 2 aliphatic rings. The molecule has 4 aromatic rings. The van der Waals surface area contributed by atoms with Crippen LogP contribution in [-0.4, -0.2) is 59.3 Å². The number of aromatic amines is 1. The van der Waals surface area contributed by atoms with E-state index in [1.807, 2.05) is 42.5 Å². The van der Waals surface area contributed by atoms with Gasteiger partial charge in [-0.25, -0.2) is 9.78 Å². The van der Waals surface area contributed by atoms with E-state index < -0.39 is 0 Å². The lowest BCUT2D eigenvalue weighted by atomic mass is 10.0. The fourth-order valence-electron chi connectivity index (χ4n) is 5.11. The second kappa shape index (κ2) is 10.5. The minimum Gasteiger partial charge on any atom is -0.488 e. The van der Waals surface area contributed by atoms with Gasteiger partial charge in [0.05, 0.1) is 18.8 Å². The Labute approximate surface area is 230 Å². The molecule has 2 saturated heterocycles. The Bertz CT molecular complexity index is 1500. The average molecular weight is 547 g/mol. The number of benzene rings is 2. The zero-order chi connectivity index (χ0) is 26.9. The predicted molar refractivity (Wildman–Crippen MR) is 146 cm³/mol. The van der Waals surface area contributed by atoms with Crippen molar-refractivity contribution in [3.05, 3.63) is 76.8 Å². The Balaban J connectivity index is 1.33. The molecule has 0 saturated carbocycles. The van der Waals surface area contributed by atoms with Gasteiger partial charge in [0, 0.05) is 47.9 Å². The fraction of sp³-hybridized carbons (Fsp3) is 0.276. The van der Waals surface area contributed by atoms with E-state index in [0.29, 0.717) is 49.0 Å². The van der Waals surface area contributed by atoms with Gasteiger partial charge in [0.2, 0.25) is 5.88 Å². The molecule has 9 nitrogen and oxygen atoms in total. The molecule has 0 radical (unpaired) electrons. The second-order valence-corrected chi connectivity index (χ2v) is 10.1. The Morgan fingerprint density at radius 1 is 1.21 bits per heavy atom. The van der Waals surface area contributed by atoms with Crippen LogP contribution < -0.4 is 14.8 Å². The molecule has 2 aromatic carbocycles. The number of methoxy groups -OCH3 is 1. The number of carbonyl (C=O) groups excluding carboxylic acids is 2. The minimum absolute atomic E-state index is 0.0267. The summed E-state index contributed by atoms with van der Waals surface area (Å²) in [4.78, 5) is 35.1. The Hall–Kier alpha value is -4.24. The van der Waals surface area contributed by atoms with Crippen LogP contribution in [0.2, 0.25) is 5.02 Å². The van der Waals surface area contributed by atoms with Crippen LogP contribution in [0.1, 0.15) is 28.8 Å². The molecule has 2 N–H and O–H groups in total. The molecule has 0 bridgehead atoms. The zero-order valence-corrected chi connectivity index (χ0v) is 22.0. The van der Waals surface area contributed by atoms with Gasteiger partial charge >= 0.3 is 6.09 Å². The van der Waals surface area contributed by atoms with Crippen molar-refractivity contribution >= 4 is 34.5 Å². The van der Waals surface area contributed by atoms with Crippen LogP contribution in [0, 0.1) is 0 Å².